The maximum Gasteiger partial charge on any atom is 0.253 e. The highest BCUT2D eigenvalue weighted by Crippen LogP contribution is 2.23. The number of nitrogens with one attached hydrogen (secondary N) is 3. The predicted octanol–water partition coefficient (Wildman–Crippen LogP) is 5.49. The van der Waals surface area contributed by atoms with Gasteiger partial charge in [0.25, 0.3) is 5.91 Å². The number of hydrogen-bond acceptors (Lipinski definition) is 4. The maximum absolute atomic E-state index is 12.7. The van der Waals surface area contributed by atoms with E-state index in [4.69, 9.17) is 16.3 Å². The zero-order valence-corrected chi connectivity index (χ0v) is 19.5. The van der Waals surface area contributed by atoms with Crippen LogP contribution in [-0.2, 0) is 4.79 Å². The minimum Gasteiger partial charge on any atom is -0.493 e. The Bertz CT molecular complexity index is 909. The van der Waals surface area contributed by atoms with Gasteiger partial charge >= 0.3 is 0 Å². The van der Waals surface area contributed by atoms with Crippen LogP contribution in [0.3, 0.4) is 0 Å². The molecule has 1 aliphatic rings. The summed E-state index contributed by atoms with van der Waals surface area (Å²) in [6.45, 7) is 4.96. The molecule has 1 aliphatic carbocycles. The third-order valence-corrected chi connectivity index (χ3v) is 5.66. The molecule has 6 nitrogen and oxygen atoms in total. The topological polar surface area (TPSA) is 79.5 Å². The van der Waals surface area contributed by atoms with Crippen molar-refractivity contribution in [2.75, 3.05) is 23.8 Å². The highest BCUT2D eigenvalue weighted by Gasteiger charge is 2.19. The number of anilines is 2. The summed E-state index contributed by atoms with van der Waals surface area (Å²) in [5, 5.41) is 9.34. The number of halogens is 1. The fraction of sp³-hybridized carbons (Fsp3) is 0.440. The van der Waals surface area contributed by atoms with E-state index in [2.05, 4.69) is 29.8 Å². The molecule has 0 spiro atoms. The van der Waals surface area contributed by atoms with Gasteiger partial charge in [-0.05, 0) is 61.2 Å². The molecule has 3 N–H and O–H groups in total. The van der Waals surface area contributed by atoms with Gasteiger partial charge in [0, 0.05) is 17.4 Å². The van der Waals surface area contributed by atoms with Crippen molar-refractivity contribution < 1.29 is 14.3 Å². The van der Waals surface area contributed by atoms with Crippen molar-refractivity contribution in [3.8, 4) is 5.75 Å². The first-order valence-corrected chi connectivity index (χ1v) is 11.7. The minimum absolute atomic E-state index is 0.0957. The largest absolute Gasteiger partial charge is 0.493 e. The summed E-state index contributed by atoms with van der Waals surface area (Å²) >= 11 is 6.24. The van der Waals surface area contributed by atoms with Crippen LogP contribution in [0.15, 0.2) is 42.5 Å². The van der Waals surface area contributed by atoms with Crippen LogP contribution in [0.4, 0.5) is 11.4 Å². The van der Waals surface area contributed by atoms with Crippen LogP contribution in [0.1, 0.15) is 56.3 Å². The number of rotatable bonds is 9. The molecular weight excluding hydrogens is 426 g/mol. The first-order valence-electron chi connectivity index (χ1n) is 11.3. The van der Waals surface area contributed by atoms with Gasteiger partial charge in [-0.2, -0.15) is 0 Å². The van der Waals surface area contributed by atoms with Crippen molar-refractivity contribution in [2.24, 2.45) is 5.92 Å². The van der Waals surface area contributed by atoms with Gasteiger partial charge in [-0.3, -0.25) is 9.59 Å². The monoisotopic (exact) mass is 457 g/mol. The highest BCUT2D eigenvalue weighted by molar-refractivity contribution is 6.34. The van der Waals surface area contributed by atoms with E-state index in [0.717, 1.165) is 37.1 Å². The molecule has 1 saturated carbocycles. The van der Waals surface area contributed by atoms with Gasteiger partial charge in [0.15, 0.2) is 0 Å². The van der Waals surface area contributed by atoms with E-state index < -0.39 is 0 Å². The lowest BCUT2D eigenvalue weighted by Gasteiger charge is -2.23. The van der Waals surface area contributed by atoms with E-state index in [1.807, 2.05) is 24.3 Å². The Morgan fingerprint density at radius 1 is 1.03 bits per heavy atom. The van der Waals surface area contributed by atoms with Gasteiger partial charge in [-0.1, -0.05) is 44.7 Å². The van der Waals surface area contributed by atoms with Gasteiger partial charge in [0.2, 0.25) is 5.91 Å². The molecular formula is C25H32ClN3O3. The normalized spacial score (nSPS) is 14.1. The number of ether oxygens (including phenoxy) is 1. The lowest BCUT2D eigenvalue weighted by molar-refractivity contribution is -0.114. The van der Waals surface area contributed by atoms with Gasteiger partial charge in [-0.15, -0.1) is 0 Å². The van der Waals surface area contributed by atoms with Crippen molar-refractivity contribution in [1.82, 2.24) is 5.32 Å². The molecule has 32 heavy (non-hydrogen) atoms. The second kappa shape index (κ2) is 11.8. The van der Waals surface area contributed by atoms with Crippen molar-refractivity contribution in [3.63, 3.8) is 0 Å². The van der Waals surface area contributed by atoms with E-state index in [1.54, 1.807) is 18.2 Å². The number of carbonyl (C=O) groups is 2. The standard InChI is InChI=1S/C25H32ClN3O3/c1-17(2)16-32-21-11-8-18(9-12-21)27-15-24(30)28-20-10-13-23(26)22(14-20)25(31)29-19-6-4-3-5-7-19/h8-14,17,19,27H,3-7,15-16H2,1-2H3,(H,28,30)(H,29,31). The molecule has 0 aliphatic heterocycles. The lowest BCUT2D eigenvalue weighted by Crippen LogP contribution is -2.36. The molecule has 3 rings (SSSR count). The molecule has 0 bridgehead atoms. The number of benzene rings is 2. The van der Waals surface area contributed by atoms with Gasteiger partial charge in [-0.25, -0.2) is 0 Å². The lowest BCUT2D eigenvalue weighted by atomic mass is 9.95. The molecule has 0 saturated heterocycles. The Morgan fingerprint density at radius 3 is 2.41 bits per heavy atom. The predicted molar refractivity (Wildman–Crippen MR) is 130 cm³/mol. The van der Waals surface area contributed by atoms with E-state index in [0.29, 0.717) is 28.8 Å². The molecule has 0 unspecified atom stereocenters. The third kappa shape index (κ3) is 7.45. The molecule has 1 fully saturated rings. The number of amides is 2. The van der Waals surface area contributed by atoms with E-state index in [1.165, 1.54) is 6.42 Å². The Balaban J connectivity index is 1.51. The van der Waals surface area contributed by atoms with Crippen LogP contribution in [0.25, 0.3) is 0 Å². The Labute approximate surface area is 195 Å². The van der Waals surface area contributed by atoms with Crippen LogP contribution in [0.2, 0.25) is 5.02 Å². The summed E-state index contributed by atoms with van der Waals surface area (Å²) in [7, 11) is 0. The van der Waals surface area contributed by atoms with Gasteiger partial charge in [0.1, 0.15) is 5.75 Å². The van der Waals surface area contributed by atoms with E-state index >= 15 is 0 Å². The summed E-state index contributed by atoms with van der Waals surface area (Å²) < 4.78 is 5.66. The van der Waals surface area contributed by atoms with Crippen molar-refractivity contribution in [2.45, 2.75) is 52.0 Å². The van der Waals surface area contributed by atoms with E-state index in [9.17, 15) is 9.59 Å². The van der Waals surface area contributed by atoms with Crippen LogP contribution in [0.5, 0.6) is 5.75 Å². The van der Waals surface area contributed by atoms with Gasteiger partial charge in [0.05, 0.1) is 23.7 Å². The third-order valence-electron chi connectivity index (χ3n) is 5.33. The summed E-state index contributed by atoms with van der Waals surface area (Å²) in [6, 6.07) is 12.6. The average molecular weight is 458 g/mol. The molecule has 2 aromatic carbocycles. The summed E-state index contributed by atoms with van der Waals surface area (Å²) in [5.41, 5.74) is 1.73. The summed E-state index contributed by atoms with van der Waals surface area (Å²) in [5.74, 6) is 0.846. The van der Waals surface area contributed by atoms with Crippen molar-refractivity contribution >= 4 is 34.8 Å². The molecule has 0 atom stereocenters. The van der Waals surface area contributed by atoms with Crippen LogP contribution < -0.4 is 20.7 Å². The first kappa shape index (κ1) is 23.9. The first-order chi connectivity index (χ1) is 15.4. The zero-order valence-electron chi connectivity index (χ0n) is 18.7. The Hall–Kier alpha value is -2.73. The molecule has 7 heteroatoms. The zero-order chi connectivity index (χ0) is 22.9. The Kier molecular flexibility index (Phi) is 8.80. The molecule has 2 amide bonds. The second-order valence-corrected chi connectivity index (χ2v) is 9.04. The summed E-state index contributed by atoms with van der Waals surface area (Å²) in [4.78, 5) is 25.0. The summed E-state index contributed by atoms with van der Waals surface area (Å²) in [6.07, 6.45) is 5.48. The maximum atomic E-state index is 12.7. The SMILES string of the molecule is CC(C)COc1ccc(NCC(=O)Nc2ccc(Cl)c(C(=O)NC3CCCCC3)c2)cc1. The Morgan fingerprint density at radius 2 is 1.72 bits per heavy atom. The molecule has 172 valence electrons. The minimum atomic E-state index is -0.217. The molecule has 0 aromatic heterocycles. The second-order valence-electron chi connectivity index (χ2n) is 8.63. The number of hydrogen-bond donors (Lipinski definition) is 3. The van der Waals surface area contributed by atoms with E-state index in [-0.39, 0.29) is 24.4 Å². The quantitative estimate of drug-likeness (QED) is 0.465. The van der Waals surface area contributed by atoms with Crippen molar-refractivity contribution in [1.29, 1.82) is 0 Å². The molecule has 0 radical (unpaired) electrons. The number of carbonyl (C=O) groups excluding carboxylic acids is 2. The van der Waals surface area contributed by atoms with Crippen molar-refractivity contribution in [3.05, 3.63) is 53.1 Å². The van der Waals surface area contributed by atoms with Crippen LogP contribution in [0, 0.1) is 5.92 Å². The van der Waals surface area contributed by atoms with Crippen LogP contribution in [-0.4, -0.2) is 31.0 Å². The molecule has 2 aromatic rings. The smallest absolute Gasteiger partial charge is 0.253 e. The van der Waals surface area contributed by atoms with Gasteiger partial charge < -0.3 is 20.7 Å². The fourth-order valence-corrected chi connectivity index (χ4v) is 3.81. The fourth-order valence-electron chi connectivity index (χ4n) is 3.61. The average Bonchev–Trinajstić information content (AvgIpc) is 2.79. The molecule has 0 heterocycles. The van der Waals surface area contributed by atoms with Crippen LogP contribution >= 0.6 is 11.6 Å². The highest BCUT2D eigenvalue weighted by atomic mass is 35.5.